The minimum absolute atomic E-state index is 0.138. The standard InChI is InChI=1S/C17H19FN2O/c1-2-11-19-16-9-5-14(6-10-16)17(21)20-12-13-3-7-15(18)8-4-13/h3-10,19H,2,11-12H2,1H3,(H,20,21). The molecular formula is C17H19FN2O. The lowest BCUT2D eigenvalue weighted by Gasteiger charge is -2.07. The van der Waals surface area contributed by atoms with Crippen molar-refractivity contribution in [3.63, 3.8) is 0 Å². The van der Waals surface area contributed by atoms with Crippen molar-refractivity contribution in [1.82, 2.24) is 5.32 Å². The highest BCUT2D eigenvalue weighted by atomic mass is 19.1. The van der Waals surface area contributed by atoms with Gasteiger partial charge in [-0.25, -0.2) is 4.39 Å². The summed E-state index contributed by atoms with van der Waals surface area (Å²) >= 11 is 0. The van der Waals surface area contributed by atoms with Crippen LogP contribution in [0.3, 0.4) is 0 Å². The topological polar surface area (TPSA) is 41.1 Å². The summed E-state index contributed by atoms with van der Waals surface area (Å²) in [7, 11) is 0. The van der Waals surface area contributed by atoms with Crippen molar-refractivity contribution < 1.29 is 9.18 Å². The second-order valence-corrected chi connectivity index (χ2v) is 4.81. The Hall–Kier alpha value is -2.36. The maximum Gasteiger partial charge on any atom is 0.251 e. The van der Waals surface area contributed by atoms with Gasteiger partial charge in [-0.3, -0.25) is 4.79 Å². The monoisotopic (exact) mass is 286 g/mol. The van der Waals surface area contributed by atoms with Crippen LogP contribution in [0.4, 0.5) is 10.1 Å². The number of benzene rings is 2. The van der Waals surface area contributed by atoms with E-state index < -0.39 is 0 Å². The predicted molar refractivity (Wildman–Crippen MR) is 82.8 cm³/mol. The Bertz CT molecular complexity index is 579. The third-order valence-electron chi connectivity index (χ3n) is 3.09. The second-order valence-electron chi connectivity index (χ2n) is 4.81. The summed E-state index contributed by atoms with van der Waals surface area (Å²) < 4.78 is 12.8. The van der Waals surface area contributed by atoms with Crippen LogP contribution >= 0.6 is 0 Å². The molecule has 2 N–H and O–H groups in total. The molecule has 110 valence electrons. The Balaban J connectivity index is 1.89. The molecule has 0 spiro atoms. The molecule has 0 saturated heterocycles. The molecule has 2 aromatic rings. The molecular weight excluding hydrogens is 267 g/mol. The van der Waals surface area contributed by atoms with Crippen LogP contribution in [0, 0.1) is 5.82 Å². The van der Waals surface area contributed by atoms with E-state index in [1.807, 2.05) is 12.1 Å². The zero-order valence-corrected chi connectivity index (χ0v) is 12.0. The van der Waals surface area contributed by atoms with Crippen LogP contribution in [-0.2, 0) is 6.54 Å². The van der Waals surface area contributed by atoms with Crippen molar-refractivity contribution in [2.24, 2.45) is 0 Å². The molecule has 0 saturated carbocycles. The van der Waals surface area contributed by atoms with Gasteiger partial charge in [0.2, 0.25) is 0 Å². The number of carbonyl (C=O) groups excluding carboxylic acids is 1. The normalized spacial score (nSPS) is 10.2. The van der Waals surface area contributed by atoms with E-state index in [4.69, 9.17) is 0 Å². The Labute approximate surface area is 124 Å². The maximum atomic E-state index is 12.8. The molecule has 1 amide bonds. The Kier molecular flexibility index (Phi) is 5.32. The van der Waals surface area contributed by atoms with Crippen LogP contribution in [0.25, 0.3) is 0 Å². The average Bonchev–Trinajstić information content (AvgIpc) is 2.52. The first-order chi connectivity index (χ1) is 10.2. The van der Waals surface area contributed by atoms with Gasteiger partial charge in [-0.2, -0.15) is 0 Å². The van der Waals surface area contributed by atoms with Crippen molar-refractivity contribution in [2.75, 3.05) is 11.9 Å². The third-order valence-corrected chi connectivity index (χ3v) is 3.09. The highest BCUT2D eigenvalue weighted by Crippen LogP contribution is 2.10. The lowest BCUT2D eigenvalue weighted by atomic mass is 10.1. The van der Waals surface area contributed by atoms with Crippen molar-refractivity contribution >= 4 is 11.6 Å². The molecule has 3 nitrogen and oxygen atoms in total. The molecule has 0 aromatic heterocycles. The average molecular weight is 286 g/mol. The van der Waals surface area contributed by atoms with E-state index in [2.05, 4.69) is 17.6 Å². The van der Waals surface area contributed by atoms with E-state index in [1.54, 1.807) is 24.3 Å². The minimum Gasteiger partial charge on any atom is -0.385 e. The lowest BCUT2D eigenvalue weighted by molar-refractivity contribution is 0.0951. The van der Waals surface area contributed by atoms with Gasteiger partial charge < -0.3 is 10.6 Å². The van der Waals surface area contributed by atoms with Crippen molar-refractivity contribution in [2.45, 2.75) is 19.9 Å². The fraction of sp³-hybridized carbons (Fsp3) is 0.235. The molecule has 0 radical (unpaired) electrons. The first kappa shape index (κ1) is 15.0. The first-order valence-corrected chi connectivity index (χ1v) is 7.05. The number of carbonyl (C=O) groups is 1. The number of nitrogens with one attached hydrogen (secondary N) is 2. The van der Waals surface area contributed by atoms with Gasteiger partial charge in [0.1, 0.15) is 5.82 Å². The quantitative estimate of drug-likeness (QED) is 0.852. The molecule has 0 unspecified atom stereocenters. The number of hydrogen-bond acceptors (Lipinski definition) is 2. The molecule has 0 bridgehead atoms. The number of halogens is 1. The summed E-state index contributed by atoms with van der Waals surface area (Å²) in [4.78, 5) is 12.0. The van der Waals surface area contributed by atoms with Crippen LogP contribution in [0.5, 0.6) is 0 Å². The van der Waals surface area contributed by atoms with Gasteiger partial charge in [0.15, 0.2) is 0 Å². The highest BCUT2D eigenvalue weighted by Gasteiger charge is 2.05. The predicted octanol–water partition coefficient (Wildman–Crippen LogP) is 3.58. The van der Waals surface area contributed by atoms with Crippen molar-refractivity contribution in [3.05, 3.63) is 65.5 Å². The van der Waals surface area contributed by atoms with Crippen LogP contribution in [0.15, 0.2) is 48.5 Å². The lowest BCUT2D eigenvalue weighted by Crippen LogP contribution is -2.22. The fourth-order valence-electron chi connectivity index (χ4n) is 1.90. The van der Waals surface area contributed by atoms with Crippen LogP contribution < -0.4 is 10.6 Å². The summed E-state index contributed by atoms with van der Waals surface area (Å²) in [6, 6.07) is 13.5. The highest BCUT2D eigenvalue weighted by molar-refractivity contribution is 5.94. The molecule has 21 heavy (non-hydrogen) atoms. The van der Waals surface area contributed by atoms with E-state index in [0.29, 0.717) is 12.1 Å². The van der Waals surface area contributed by atoms with E-state index in [-0.39, 0.29) is 11.7 Å². The number of anilines is 1. The van der Waals surface area contributed by atoms with Crippen LogP contribution in [-0.4, -0.2) is 12.5 Å². The zero-order valence-electron chi connectivity index (χ0n) is 12.0. The molecule has 2 rings (SSSR count). The van der Waals surface area contributed by atoms with E-state index in [0.717, 1.165) is 24.2 Å². The summed E-state index contributed by atoms with van der Waals surface area (Å²) in [5.41, 5.74) is 2.48. The zero-order chi connectivity index (χ0) is 15.1. The van der Waals surface area contributed by atoms with Crippen molar-refractivity contribution in [3.8, 4) is 0 Å². The molecule has 0 aliphatic heterocycles. The summed E-state index contributed by atoms with van der Waals surface area (Å²) in [5, 5.41) is 6.07. The van der Waals surface area contributed by atoms with Crippen molar-refractivity contribution in [1.29, 1.82) is 0 Å². The number of hydrogen-bond donors (Lipinski definition) is 2. The number of rotatable bonds is 6. The first-order valence-electron chi connectivity index (χ1n) is 7.05. The molecule has 0 aliphatic rings. The van der Waals surface area contributed by atoms with Gasteiger partial charge in [0.05, 0.1) is 0 Å². The van der Waals surface area contributed by atoms with Gasteiger partial charge in [-0.05, 0) is 48.4 Å². The van der Waals surface area contributed by atoms with Gasteiger partial charge >= 0.3 is 0 Å². The van der Waals surface area contributed by atoms with Crippen LogP contribution in [0.2, 0.25) is 0 Å². The Morgan fingerprint density at radius 1 is 1.05 bits per heavy atom. The third kappa shape index (κ3) is 4.60. The van der Waals surface area contributed by atoms with Gasteiger partial charge in [-0.15, -0.1) is 0 Å². The summed E-state index contributed by atoms with van der Waals surface area (Å²) in [5.74, 6) is -0.415. The fourth-order valence-corrected chi connectivity index (χ4v) is 1.90. The van der Waals surface area contributed by atoms with E-state index in [9.17, 15) is 9.18 Å². The molecule has 0 fully saturated rings. The van der Waals surface area contributed by atoms with Gasteiger partial charge in [-0.1, -0.05) is 19.1 Å². The van der Waals surface area contributed by atoms with E-state index in [1.165, 1.54) is 12.1 Å². The van der Waals surface area contributed by atoms with Gasteiger partial charge in [0.25, 0.3) is 5.91 Å². The van der Waals surface area contributed by atoms with Crippen LogP contribution in [0.1, 0.15) is 29.3 Å². The Morgan fingerprint density at radius 2 is 1.71 bits per heavy atom. The smallest absolute Gasteiger partial charge is 0.251 e. The molecule has 4 heteroatoms. The molecule has 0 aliphatic carbocycles. The van der Waals surface area contributed by atoms with E-state index >= 15 is 0 Å². The molecule has 2 aromatic carbocycles. The second kappa shape index (κ2) is 7.43. The minimum atomic E-state index is -0.278. The number of amides is 1. The largest absolute Gasteiger partial charge is 0.385 e. The van der Waals surface area contributed by atoms with Gasteiger partial charge in [0, 0.05) is 24.3 Å². The maximum absolute atomic E-state index is 12.8. The SMILES string of the molecule is CCCNc1ccc(C(=O)NCc2ccc(F)cc2)cc1. The summed E-state index contributed by atoms with van der Waals surface area (Å²) in [6.07, 6.45) is 1.06. The summed E-state index contributed by atoms with van der Waals surface area (Å²) in [6.45, 7) is 3.40. The Morgan fingerprint density at radius 3 is 2.33 bits per heavy atom. The molecule has 0 atom stereocenters. The molecule has 0 heterocycles.